The molecule has 0 aromatic heterocycles. The molecule has 1 aliphatic rings. The van der Waals surface area contributed by atoms with E-state index in [2.05, 4.69) is 30.6 Å². The number of alkyl halides is 1. The molecule has 2 rings (SSSR count). The van der Waals surface area contributed by atoms with Crippen molar-refractivity contribution in [2.75, 3.05) is 31.1 Å². The summed E-state index contributed by atoms with van der Waals surface area (Å²) < 4.78 is 14.0. The number of hydrogen-bond donors (Lipinski definition) is 0. The summed E-state index contributed by atoms with van der Waals surface area (Å²) in [7, 11) is 0. The normalized spacial score (nSPS) is 17.8. The smallest absolute Gasteiger partial charge is 0.146 e. The van der Waals surface area contributed by atoms with E-state index in [0.29, 0.717) is 11.6 Å². The molecule has 0 bridgehead atoms. The Morgan fingerprint density at radius 3 is 2.32 bits per heavy atom. The van der Waals surface area contributed by atoms with Crippen LogP contribution in [0.5, 0.6) is 0 Å². The lowest BCUT2D eigenvalue weighted by Gasteiger charge is -2.43. The van der Waals surface area contributed by atoms with Gasteiger partial charge < -0.3 is 4.90 Å². The summed E-state index contributed by atoms with van der Waals surface area (Å²) in [5, 5.41) is 0. The highest BCUT2D eigenvalue weighted by molar-refractivity contribution is 6.17. The summed E-state index contributed by atoms with van der Waals surface area (Å²) in [5.74, 6) is 0.189. The Bertz CT molecular complexity index is 434. The van der Waals surface area contributed by atoms with E-state index in [1.54, 1.807) is 6.07 Å². The predicted octanol–water partition coefficient (Wildman–Crippen LogP) is 3.49. The lowest BCUT2D eigenvalue weighted by atomic mass is 10.0. The maximum absolute atomic E-state index is 14.0. The van der Waals surface area contributed by atoms with Crippen molar-refractivity contribution in [3.63, 3.8) is 0 Å². The minimum Gasteiger partial charge on any atom is -0.366 e. The van der Waals surface area contributed by atoms with Gasteiger partial charge in [0.15, 0.2) is 0 Å². The summed E-state index contributed by atoms with van der Waals surface area (Å²) in [5.41, 5.74) is 1.74. The molecule has 1 aromatic carbocycles. The first-order valence-corrected chi connectivity index (χ1v) is 7.30. The molecule has 2 nitrogen and oxygen atoms in total. The SMILES string of the molecule is CC(C)(C)N1CCN(c2c(F)cccc2CCl)CC1. The molecule has 1 aliphatic heterocycles. The molecular weight excluding hydrogens is 263 g/mol. The fourth-order valence-corrected chi connectivity index (χ4v) is 2.84. The van der Waals surface area contributed by atoms with Crippen molar-refractivity contribution in [3.8, 4) is 0 Å². The van der Waals surface area contributed by atoms with Crippen LogP contribution in [0.15, 0.2) is 18.2 Å². The van der Waals surface area contributed by atoms with Gasteiger partial charge >= 0.3 is 0 Å². The van der Waals surface area contributed by atoms with E-state index in [9.17, 15) is 4.39 Å². The summed E-state index contributed by atoms with van der Waals surface area (Å²) in [4.78, 5) is 4.56. The monoisotopic (exact) mass is 284 g/mol. The first-order valence-electron chi connectivity index (χ1n) is 6.77. The minimum atomic E-state index is -0.164. The van der Waals surface area contributed by atoms with Crippen LogP contribution in [-0.2, 0) is 5.88 Å². The van der Waals surface area contributed by atoms with Crippen molar-refractivity contribution < 1.29 is 4.39 Å². The van der Waals surface area contributed by atoms with Gasteiger partial charge in [-0.3, -0.25) is 4.90 Å². The van der Waals surface area contributed by atoms with Crippen molar-refractivity contribution in [1.82, 2.24) is 4.90 Å². The third-order valence-corrected chi connectivity index (χ3v) is 4.05. The van der Waals surface area contributed by atoms with Gasteiger partial charge in [-0.25, -0.2) is 4.39 Å². The third kappa shape index (κ3) is 3.21. The predicted molar refractivity (Wildman–Crippen MR) is 79.5 cm³/mol. The van der Waals surface area contributed by atoms with Crippen molar-refractivity contribution in [2.45, 2.75) is 32.2 Å². The Kier molecular flexibility index (Phi) is 4.36. The van der Waals surface area contributed by atoms with Gasteiger partial charge in [0, 0.05) is 37.6 Å². The zero-order valence-corrected chi connectivity index (χ0v) is 12.7. The zero-order valence-electron chi connectivity index (χ0n) is 11.9. The van der Waals surface area contributed by atoms with Gasteiger partial charge in [-0.2, -0.15) is 0 Å². The molecule has 106 valence electrons. The second-order valence-electron chi connectivity index (χ2n) is 6.03. The van der Waals surface area contributed by atoms with E-state index < -0.39 is 0 Å². The summed E-state index contributed by atoms with van der Waals surface area (Å²) in [6.45, 7) is 10.3. The van der Waals surface area contributed by atoms with Crippen LogP contribution < -0.4 is 4.90 Å². The molecule has 4 heteroatoms. The number of benzene rings is 1. The average molecular weight is 285 g/mol. The number of hydrogen-bond acceptors (Lipinski definition) is 2. The molecule has 0 spiro atoms. The zero-order chi connectivity index (χ0) is 14.0. The molecule has 0 unspecified atom stereocenters. The van der Waals surface area contributed by atoms with Gasteiger partial charge in [0.05, 0.1) is 5.69 Å². The quantitative estimate of drug-likeness (QED) is 0.767. The first kappa shape index (κ1) is 14.6. The van der Waals surface area contributed by atoms with Crippen LogP contribution in [0.4, 0.5) is 10.1 Å². The van der Waals surface area contributed by atoms with E-state index in [0.717, 1.165) is 31.7 Å². The van der Waals surface area contributed by atoms with Gasteiger partial charge in [-0.1, -0.05) is 12.1 Å². The molecule has 19 heavy (non-hydrogen) atoms. The molecule has 1 heterocycles. The molecule has 0 radical (unpaired) electrons. The van der Waals surface area contributed by atoms with Crippen molar-refractivity contribution in [1.29, 1.82) is 0 Å². The van der Waals surface area contributed by atoms with E-state index in [4.69, 9.17) is 11.6 Å². The number of halogens is 2. The first-order chi connectivity index (χ1) is 8.93. The second-order valence-corrected chi connectivity index (χ2v) is 6.29. The van der Waals surface area contributed by atoms with Gasteiger partial charge in [0.1, 0.15) is 5.82 Å². The molecule has 1 aromatic rings. The summed E-state index contributed by atoms with van der Waals surface area (Å²) in [6, 6.07) is 5.14. The number of para-hydroxylation sites is 1. The maximum atomic E-state index is 14.0. The van der Waals surface area contributed by atoms with Gasteiger partial charge in [0.2, 0.25) is 0 Å². The highest BCUT2D eigenvalue weighted by atomic mass is 35.5. The van der Waals surface area contributed by atoms with Gasteiger partial charge in [-0.15, -0.1) is 11.6 Å². The molecule has 1 fully saturated rings. The average Bonchev–Trinajstić information content (AvgIpc) is 2.37. The van der Waals surface area contributed by atoms with E-state index in [1.807, 2.05) is 6.07 Å². The number of piperazine rings is 1. The van der Waals surface area contributed by atoms with Crippen molar-refractivity contribution in [3.05, 3.63) is 29.6 Å². The molecule has 0 aliphatic carbocycles. The Hall–Kier alpha value is -0.800. The second kappa shape index (κ2) is 5.68. The minimum absolute atomic E-state index is 0.164. The van der Waals surface area contributed by atoms with E-state index >= 15 is 0 Å². The Labute approximate surface area is 120 Å². The molecular formula is C15H22ClFN2. The lowest BCUT2D eigenvalue weighted by molar-refractivity contribution is 0.128. The van der Waals surface area contributed by atoms with Crippen LogP contribution in [0, 0.1) is 5.82 Å². The Morgan fingerprint density at radius 2 is 1.79 bits per heavy atom. The van der Waals surface area contributed by atoms with Crippen molar-refractivity contribution in [2.24, 2.45) is 0 Å². The lowest BCUT2D eigenvalue weighted by Crippen LogP contribution is -2.53. The van der Waals surface area contributed by atoms with Gasteiger partial charge in [0.25, 0.3) is 0 Å². The van der Waals surface area contributed by atoms with Crippen LogP contribution in [-0.4, -0.2) is 36.6 Å². The summed E-state index contributed by atoms with van der Waals surface area (Å²) >= 11 is 5.92. The fraction of sp³-hybridized carbons (Fsp3) is 0.600. The molecule has 1 saturated heterocycles. The van der Waals surface area contributed by atoms with Crippen LogP contribution in [0.2, 0.25) is 0 Å². The number of anilines is 1. The summed E-state index contributed by atoms with van der Waals surface area (Å²) in [6.07, 6.45) is 0. The largest absolute Gasteiger partial charge is 0.366 e. The van der Waals surface area contributed by atoms with E-state index in [-0.39, 0.29) is 11.4 Å². The number of rotatable bonds is 2. The van der Waals surface area contributed by atoms with Crippen molar-refractivity contribution >= 4 is 17.3 Å². The third-order valence-electron chi connectivity index (χ3n) is 3.76. The molecule has 0 saturated carbocycles. The Balaban J connectivity index is 2.14. The maximum Gasteiger partial charge on any atom is 0.146 e. The Morgan fingerprint density at radius 1 is 1.16 bits per heavy atom. The highest BCUT2D eigenvalue weighted by Gasteiger charge is 2.27. The highest BCUT2D eigenvalue weighted by Crippen LogP contribution is 2.28. The van der Waals surface area contributed by atoms with Crippen LogP contribution in [0.1, 0.15) is 26.3 Å². The molecule has 0 amide bonds. The molecule has 0 N–H and O–H groups in total. The molecule has 0 atom stereocenters. The number of nitrogens with zero attached hydrogens (tertiary/aromatic N) is 2. The standard InChI is InChI=1S/C15H22ClFN2/c1-15(2,3)19-9-7-18(8-10-19)14-12(11-16)5-4-6-13(14)17/h4-6H,7-11H2,1-3H3. The van der Waals surface area contributed by atoms with Crippen LogP contribution >= 0.6 is 11.6 Å². The van der Waals surface area contributed by atoms with Gasteiger partial charge in [-0.05, 0) is 32.4 Å². The fourth-order valence-electron chi connectivity index (χ4n) is 2.62. The topological polar surface area (TPSA) is 6.48 Å². The van der Waals surface area contributed by atoms with E-state index in [1.165, 1.54) is 6.07 Å². The van der Waals surface area contributed by atoms with Crippen LogP contribution in [0.25, 0.3) is 0 Å². The van der Waals surface area contributed by atoms with Crippen LogP contribution in [0.3, 0.4) is 0 Å².